The van der Waals surface area contributed by atoms with Crippen molar-refractivity contribution >= 4 is 11.6 Å². The lowest BCUT2D eigenvalue weighted by atomic mass is 9.94. The number of carbonyl (C=O) groups is 1. The molecule has 2 aromatic rings. The molecule has 0 saturated carbocycles. The summed E-state index contributed by atoms with van der Waals surface area (Å²) in [6, 6.07) is 1.78. The van der Waals surface area contributed by atoms with Gasteiger partial charge in [0.1, 0.15) is 5.56 Å². The van der Waals surface area contributed by atoms with Crippen molar-refractivity contribution < 1.29 is 9.90 Å². The first-order valence-corrected chi connectivity index (χ1v) is 7.72. The van der Waals surface area contributed by atoms with Crippen LogP contribution in [0.2, 0.25) is 0 Å². The summed E-state index contributed by atoms with van der Waals surface area (Å²) in [5, 5.41) is 16.4. The minimum atomic E-state index is -0.155. The number of aliphatic hydroxyl groups excluding tert-OH is 1. The van der Waals surface area contributed by atoms with Crippen molar-refractivity contribution in [2.45, 2.75) is 33.6 Å². The second-order valence-corrected chi connectivity index (χ2v) is 6.07. The van der Waals surface area contributed by atoms with Crippen molar-refractivity contribution in [2.75, 3.05) is 13.2 Å². The van der Waals surface area contributed by atoms with E-state index in [0.717, 1.165) is 6.42 Å². The Morgan fingerprint density at radius 1 is 1.45 bits per heavy atom. The van der Waals surface area contributed by atoms with Gasteiger partial charge in [-0.1, -0.05) is 13.8 Å². The van der Waals surface area contributed by atoms with Gasteiger partial charge in [0.25, 0.3) is 5.91 Å². The smallest absolute Gasteiger partial charge is 0.257 e. The molecule has 2 N–H and O–H groups in total. The van der Waals surface area contributed by atoms with E-state index in [0.29, 0.717) is 35.8 Å². The number of nitrogens with zero attached hydrogens (tertiary/aromatic N) is 3. The highest BCUT2D eigenvalue weighted by Crippen LogP contribution is 2.16. The quantitative estimate of drug-likeness (QED) is 0.817. The lowest BCUT2D eigenvalue weighted by Crippen LogP contribution is -2.30. The number of rotatable bonds is 7. The minimum absolute atomic E-state index is 0.143. The average Bonchev–Trinajstić information content (AvgIpc) is 2.80. The van der Waals surface area contributed by atoms with Crippen molar-refractivity contribution in [3.05, 3.63) is 29.7 Å². The first-order valence-electron chi connectivity index (χ1n) is 7.72. The van der Waals surface area contributed by atoms with Crippen LogP contribution in [0.25, 0.3) is 5.65 Å². The molecule has 0 fully saturated rings. The van der Waals surface area contributed by atoms with Gasteiger partial charge in [-0.05, 0) is 37.7 Å². The molecule has 0 radical (unpaired) electrons. The molecule has 1 amide bonds. The van der Waals surface area contributed by atoms with Crippen molar-refractivity contribution in [2.24, 2.45) is 11.8 Å². The van der Waals surface area contributed by atoms with Gasteiger partial charge >= 0.3 is 0 Å². The molecule has 0 saturated heterocycles. The van der Waals surface area contributed by atoms with Crippen LogP contribution in [0, 0.1) is 18.8 Å². The molecule has 1 unspecified atom stereocenters. The maximum atomic E-state index is 12.5. The summed E-state index contributed by atoms with van der Waals surface area (Å²) in [6.45, 7) is 6.80. The molecule has 0 aliphatic heterocycles. The maximum absolute atomic E-state index is 12.5. The van der Waals surface area contributed by atoms with E-state index in [1.54, 1.807) is 23.0 Å². The number of aryl methyl sites for hydroxylation is 1. The van der Waals surface area contributed by atoms with Gasteiger partial charge in [-0.2, -0.15) is 5.10 Å². The zero-order valence-electron chi connectivity index (χ0n) is 13.4. The van der Waals surface area contributed by atoms with Crippen LogP contribution in [-0.4, -0.2) is 38.8 Å². The zero-order chi connectivity index (χ0) is 16.1. The monoisotopic (exact) mass is 304 g/mol. The Morgan fingerprint density at radius 2 is 2.23 bits per heavy atom. The number of carbonyl (C=O) groups excluding carboxylic acids is 1. The van der Waals surface area contributed by atoms with E-state index in [2.05, 4.69) is 29.2 Å². The van der Waals surface area contributed by atoms with Gasteiger partial charge in [0.05, 0.1) is 5.69 Å². The van der Waals surface area contributed by atoms with Crippen LogP contribution in [0.4, 0.5) is 0 Å². The van der Waals surface area contributed by atoms with E-state index in [1.807, 2.05) is 6.92 Å². The second kappa shape index (κ2) is 7.35. The molecule has 0 aliphatic carbocycles. The Kier molecular flexibility index (Phi) is 5.49. The average molecular weight is 304 g/mol. The summed E-state index contributed by atoms with van der Waals surface area (Å²) < 4.78 is 1.61. The van der Waals surface area contributed by atoms with Gasteiger partial charge in [0.15, 0.2) is 5.65 Å². The van der Waals surface area contributed by atoms with E-state index in [-0.39, 0.29) is 18.4 Å². The zero-order valence-corrected chi connectivity index (χ0v) is 13.4. The van der Waals surface area contributed by atoms with Crippen LogP contribution in [0.3, 0.4) is 0 Å². The standard InChI is InChI=1S/C16H24N4O2/c1-11(2)9-13(5-8-21)10-18-16(22)14-12(3)19-20-7-4-6-17-15(14)20/h4,6-7,11,13,21H,5,8-10H2,1-3H3,(H,18,22). The minimum Gasteiger partial charge on any atom is -0.396 e. The van der Waals surface area contributed by atoms with Gasteiger partial charge in [-0.15, -0.1) is 0 Å². The summed E-state index contributed by atoms with van der Waals surface area (Å²) in [6.07, 6.45) is 5.11. The molecular formula is C16H24N4O2. The van der Waals surface area contributed by atoms with Gasteiger partial charge in [-0.25, -0.2) is 9.50 Å². The van der Waals surface area contributed by atoms with Crippen LogP contribution < -0.4 is 5.32 Å². The van der Waals surface area contributed by atoms with Crippen LogP contribution in [0.1, 0.15) is 42.7 Å². The largest absolute Gasteiger partial charge is 0.396 e. The van der Waals surface area contributed by atoms with Gasteiger partial charge in [-0.3, -0.25) is 4.79 Å². The highest BCUT2D eigenvalue weighted by atomic mass is 16.3. The van der Waals surface area contributed by atoms with E-state index in [1.165, 1.54) is 0 Å². The fourth-order valence-electron chi connectivity index (χ4n) is 2.74. The normalized spacial score (nSPS) is 12.8. The Bertz CT molecular complexity index is 636. The first-order chi connectivity index (χ1) is 10.5. The Balaban J connectivity index is 2.09. The third-order valence-corrected chi connectivity index (χ3v) is 3.69. The fraction of sp³-hybridized carbons (Fsp3) is 0.562. The first kappa shape index (κ1) is 16.4. The number of nitrogens with one attached hydrogen (secondary N) is 1. The molecule has 22 heavy (non-hydrogen) atoms. The van der Waals surface area contributed by atoms with Crippen molar-refractivity contribution in [1.29, 1.82) is 0 Å². The molecule has 0 spiro atoms. The topological polar surface area (TPSA) is 79.5 Å². The summed E-state index contributed by atoms with van der Waals surface area (Å²) in [5.74, 6) is 0.663. The van der Waals surface area contributed by atoms with Crippen LogP contribution in [0.15, 0.2) is 18.5 Å². The van der Waals surface area contributed by atoms with Crippen molar-refractivity contribution in [3.63, 3.8) is 0 Å². The Morgan fingerprint density at radius 3 is 2.91 bits per heavy atom. The number of amides is 1. The third-order valence-electron chi connectivity index (χ3n) is 3.69. The molecule has 0 aromatic carbocycles. The summed E-state index contributed by atoms with van der Waals surface area (Å²) in [5.41, 5.74) is 1.76. The summed E-state index contributed by atoms with van der Waals surface area (Å²) in [4.78, 5) is 16.7. The number of aromatic nitrogens is 3. The fourth-order valence-corrected chi connectivity index (χ4v) is 2.74. The summed E-state index contributed by atoms with van der Waals surface area (Å²) >= 11 is 0. The molecule has 2 aromatic heterocycles. The number of aliphatic hydroxyl groups is 1. The van der Waals surface area contributed by atoms with E-state index in [9.17, 15) is 4.79 Å². The van der Waals surface area contributed by atoms with Gasteiger partial charge < -0.3 is 10.4 Å². The molecule has 6 nitrogen and oxygen atoms in total. The summed E-state index contributed by atoms with van der Waals surface area (Å²) in [7, 11) is 0. The molecule has 2 rings (SSSR count). The molecule has 6 heteroatoms. The molecule has 0 aliphatic rings. The highest BCUT2D eigenvalue weighted by Gasteiger charge is 2.19. The van der Waals surface area contributed by atoms with Crippen LogP contribution >= 0.6 is 0 Å². The lowest BCUT2D eigenvalue weighted by molar-refractivity contribution is 0.0942. The van der Waals surface area contributed by atoms with Gasteiger partial charge in [0.2, 0.25) is 0 Å². The van der Waals surface area contributed by atoms with E-state index < -0.39 is 0 Å². The molecule has 0 bridgehead atoms. The molecule has 2 heterocycles. The van der Waals surface area contributed by atoms with Crippen LogP contribution in [0.5, 0.6) is 0 Å². The van der Waals surface area contributed by atoms with Crippen LogP contribution in [-0.2, 0) is 0 Å². The molecule has 1 atom stereocenters. The molecular weight excluding hydrogens is 280 g/mol. The Hall–Kier alpha value is -1.95. The van der Waals surface area contributed by atoms with E-state index >= 15 is 0 Å². The second-order valence-electron chi connectivity index (χ2n) is 6.07. The predicted octanol–water partition coefficient (Wildman–Crippen LogP) is 1.81. The predicted molar refractivity (Wildman–Crippen MR) is 84.7 cm³/mol. The molecule has 120 valence electrons. The lowest BCUT2D eigenvalue weighted by Gasteiger charge is -2.18. The number of fused-ring (bicyclic) bond motifs is 1. The van der Waals surface area contributed by atoms with E-state index in [4.69, 9.17) is 5.11 Å². The number of hydrogen-bond acceptors (Lipinski definition) is 4. The Labute approximate surface area is 130 Å². The maximum Gasteiger partial charge on any atom is 0.257 e. The number of hydrogen-bond donors (Lipinski definition) is 2. The SMILES string of the molecule is Cc1nn2cccnc2c1C(=O)NCC(CCO)CC(C)C. The third kappa shape index (κ3) is 3.82. The van der Waals surface area contributed by atoms with Crippen molar-refractivity contribution in [1.82, 2.24) is 19.9 Å². The van der Waals surface area contributed by atoms with Gasteiger partial charge in [0, 0.05) is 25.5 Å². The van der Waals surface area contributed by atoms with Crippen molar-refractivity contribution in [3.8, 4) is 0 Å². The highest BCUT2D eigenvalue weighted by molar-refractivity contribution is 6.00.